The van der Waals surface area contributed by atoms with Gasteiger partial charge in [-0.25, -0.2) is 4.79 Å². The minimum absolute atomic E-state index is 0.0868. The van der Waals surface area contributed by atoms with Gasteiger partial charge in [-0.3, -0.25) is 0 Å². The maximum atomic E-state index is 11.3. The lowest BCUT2D eigenvalue weighted by molar-refractivity contribution is -0.130. The Hall–Kier alpha value is -2.38. The molecule has 1 N–H and O–H groups in total. The number of ether oxygens (including phenoxy) is 2. The molecule has 0 saturated heterocycles. The van der Waals surface area contributed by atoms with Crippen LogP contribution in [0.2, 0.25) is 10.4 Å². The number of para-hydroxylation sites is 1. The summed E-state index contributed by atoms with van der Waals surface area (Å²) >= 11 is 11.5. The van der Waals surface area contributed by atoms with Gasteiger partial charge >= 0.3 is 5.97 Å². The minimum atomic E-state index is -1.18. The summed E-state index contributed by atoms with van der Waals surface area (Å²) in [7, 11) is 1.34. The van der Waals surface area contributed by atoms with Gasteiger partial charge in [0.15, 0.2) is 0 Å². The molecule has 22 heavy (non-hydrogen) atoms. The number of hydrogen-bond acceptors (Lipinski definition) is 6. The van der Waals surface area contributed by atoms with Crippen LogP contribution in [0.1, 0.15) is 5.56 Å². The van der Waals surface area contributed by atoms with Gasteiger partial charge in [0.1, 0.15) is 11.3 Å². The van der Waals surface area contributed by atoms with E-state index in [1.807, 2.05) is 0 Å². The first-order valence-corrected chi connectivity index (χ1v) is 6.57. The number of carbonyl (C=O) groups is 1. The van der Waals surface area contributed by atoms with Crippen LogP contribution >= 0.6 is 23.2 Å². The number of aliphatic carboxylic acids is 1. The molecule has 0 bridgehead atoms. The Morgan fingerprint density at radius 2 is 2.00 bits per heavy atom. The van der Waals surface area contributed by atoms with Crippen molar-refractivity contribution in [2.45, 2.75) is 0 Å². The molecule has 0 saturated carbocycles. The number of rotatable bonds is 5. The molecule has 1 aromatic heterocycles. The van der Waals surface area contributed by atoms with Gasteiger partial charge in [-0.15, -0.1) is 10.2 Å². The van der Waals surface area contributed by atoms with Gasteiger partial charge in [-0.2, -0.15) is 4.98 Å². The Balaban J connectivity index is 2.47. The number of nitrogens with zero attached hydrogens (tertiary/aromatic N) is 3. The summed E-state index contributed by atoms with van der Waals surface area (Å²) < 4.78 is 10.3. The van der Waals surface area contributed by atoms with Gasteiger partial charge in [0, 0.05) is 5.56 Å². The van der Waals surface area contributed by atoms with E-state index in [-0.39, 0.29) is 33.2 Å². The monoisotopic (exact) mass is 341 g/mol. The van der Waals surface area contributed by atoms with E-state index in [9.17, 15) is 9.90 Å². The Morgan fingerprint density at radius 3 is 2.68 bits per heavy atom. The Labute approximate surface area is 135 Å². The number of aromatic nitrogens is 3. The van der Waals surface area contributed by atoms with E-state index in [1.54, 1.807) is 24.3 Å². The van der Waals surface area contributed by atoms with Crippen LogP contribution < -0.4 is 4.74 Å². The Kier molecular flexibility index (Phi) is 5.13. The van der Waals surface area contributed by atoms with Gasteiger partial charge in [0.05, 0.1) is 13.4 Å². The van der Waals surface area contributed by atoms with Crippen molar-refractivity contribution < 1.29 is 19.4 Å². The predicted molar refractivity (Wildman–Crippen MR) is 79.0 cm³/mol. The lowest BCUT2D eigenvalue weighted by Crippen LogP contribution is -2.03. The summed E-state index contributed by atoms with van der Waals surface area (Å²) in [6, 6.07) is 6.42. The van der Waals surface area contributed by atoms with Gasteiger partial charge < -0.3 is 14.6 Å². The van der Waals surface area contributed by atoms with Gasteiger partial charge in [0.2, 0.25) is 10.4 Å². The van der Waals surface area contributed by atoms with Crippen molar-refractivity contribution in [2.24, 2.45) is 0 Å². The average molecular weight is 342 g/mol. The number of carboxylic acid groups (broad SMARTS) is 1. The van der Waals surface area contributed by atoms with Crippen LogP contribution in [0.5, 0.6) is 11.6 Å². The number of methoxy groups -OCH3 is 1. The summed E-state index contributed by atoms with van der Waals surface area (Å²) in [5.74, 6) is -1.06. The van der Waals surface area contributed by atoms with Gasteiger partial charge in [-0.05, 0) is 17.7 Å². The number of hydrogen-bond donors (Lipinski definition) is 1. The highest BCUT2D eigenvalue weighted by Crippen LogP contribution is 2.32. The smallest absolute Gasteiger partial charge is 0.339 e. The molecule has 0 fully saturated rings. The molecule has 0 aliphatic heterocycles. The Bertz CT molecular complexity index is 737. The molecular weight excluding hydrogens is 333 g/mol. The second-order valence-electron chi connectivity index (χ2n) is 3.85. The molecule has 7 nitrogen and oxygen atoms in total. The summed E-state index contributed by atoms with van der Waals surface area (Å²) in [6.45, 7) is 0. The van der Waals surface area contributed by atoms with Crippen LogP contribution in [0.25, 0.3) is 5.57 Å². The molecule has 114 valence electrons. The fourth-order valence-electron chi connectivity index (χ4n) is 1.57. The standard InChI is InChI=1S/C13H9Cl2N3O4/c1-21-6-8(12(19)20)7-4-2-3-5-9(7)22-11-10(14)17-18-13(15)16-11/h2-6H,1H3,(H,19,20). The lowest BCUT2D eigenvalue weighted by Gasteiger charge is -2.11. The molecule has 0 aliphatic rings. The second-order valence-corrected chi connectivity index (χ2v) is 4.54. The quantitative estimate of drug-likeness (QED) is 0.659. The maximum absolute atomic E-state index is 11.3. The number of carboxylic acids is 1. The molecule has 0 unspecified atom stereocenters. The zero-order chi connectivity index (χ0) is 16.1. The highest BCUT2D eigenvalue weighted by Gasteiger charge is 2.18. The molecule has 1 aromatic carbocycles. The molecule has 0 spiro atoms. The first kappa shape index (κ1) is 16.0. The van der Waals surface area contributed by atoms with Crippen molar-refractivity contribution in [3.05, 3.63) is 46.5 Å². The van der Waals surface area contributed by atoms with Crippen molar-refractivity contribution in [3.63, 3.8) is 0 Å². The topological polar surface area (TPSA) is 94.4 Å². The molecule has 0 amide bonds. The van der Waals surface area contributed by atoms with Crippen molar-refractivity contribution in [1.82, 2.24) is 15.2 Å². The van der Waals surface area contributed by atoms with Crippen LogP contribution in [0.4, 0.5) is 0 Å². The highest BCUT2D eigenvalue weighted by atomic mass is 35.5. The molecule has 0 atom stereocenters. The fraction of sp³-hybridized carbons (Fsp3) is 0.0769. The van der Waals surface area contributed by atoms with E-state index in [1.165, 1.54) is 7.11 Å². The normalized spacial score (nSPS) is 11.1. The largest absolute Gasteiger partial charge is 0.503 e. The summed E-state index contributed by atoms with van der Waals surface area (Å²) in [5, 5.41) is 16.0. The summed E-state index contributed by atoms with van der Waals surface area (Å²) in [4.78, 5) is 15.1. The van der Waals surface area contributed by atoms with E-state index in [2.05, 4.69) is 15.2 Å². The molecule has 2 rings (SSSR count). The zero-order valence-electron chi connectivity index (χ0n) is 11.2. The third kappa shape index (κ3) is 3.63. The molecule has 0 aliphatic carbocycles. The third-order valence-corrected chi connectivity index (χ3v) is 2.84. The SMILES string of the molecule is COC=C(C(=O)O)c1ccccc1Oc1nc(Cl)nnc1Cl. The van der Waals surface area contributed by atoms with Crippen LogP contribution in [0.3, 0.4) is 0 Å². The second kappa shape index (κ2) is 7.06. The molecular formula is C13H9Cl2N3O4. The molecule has 9 heteroatoms. The van der Waals surface area contributed by atoms with Crippen molar-refractivity contribution >= 4 is 34.7 Å². The first-order valence-electron chi connectivity index (χ1n) is 5.82. The molecule has 1 heterocycles. The lowest BCUT2D eigenvalue weighted by atomic mass is 10.1. The predicted octanol–water partition coefficient (Wildman–Crippen LogP) is 3.04. The number of halogens is 2. The van der Waals surface area contributed by atoms with Crippen LogP contribution in [-0.2, 0) is 9.53 Å². The van der Waals surface area contributed by atoms with E-state index < -0.39 is 5.97 Å². The van der Waals surface area contributed by atoms with E-state index in [0.29, 0.717) is 0 Å². The van der Waals surface area contributed by atoms with Crippen molar-refractivity contribution in [1.29, 1.82) is 0 Å². The van der Waals surface area contributed by atoms with Crippen molar-refractivity contribution in [3.8, 4) is 11.6 Å². The fourth-order valence-corrected chi connectivity index (χ4v) is 1.81. The first-order chi connectivity index (χ1) is 10.5. The van der Waals surface area contributed by atoms with Crippen molar-refractivity contribution in [2.75, 3.05) is 7.11 Å². The third-order valence-electron chi connectivity index (χ3n) is 2.44. The summed E-state index contributed by atoms with van der Waals surface area (Å²) in [6.07, 6.45) is 1.09. The molecule has 2 aromatic rings. The zero-order valence-corrected chi connectivity index (χ0v) is 12.7. The van der Waals surface area contributed by atoms with Crippen LogP contribution in [-0.4, -0.2) is 33.4 Å². The van der Waals surface area contributed by atoms with Gasteiger partial charge in [0.25, 0.3) is 5.88 Å². The maximum Gasteiger partial charge on any atom is 0.339 e. The van der Waals surface area contributed by atoms with E-state index >= 15 is 0 Å². The van der Waals surface area contributed by atoms with Crippen LogP contribution in [0, 0.1) is 0 Å². The average Bonchev–Trinajstić information content (AvgIpc) is 2.49. The minimum Gasteiger partial charge on any atom is -0.503 e. The molecule has 0 radical (unpaired) electrons. The van der Waals surface area contributed by atoms with Gasteiger partial charge in [-0.1, -0.05) is 29.8 Å². The summed E-state index contributed by atoms with van der Waals surface area (Å²) in [5.41, 5.74) is 0.185. The van der Waals surface area contributed by atoms with E-state index in [0.717, 1.165) is 6.26 Å². The Morgan fingerprint density at radius 1 is 1.27 bits per heavy atom. The van der Waals surface area contributed by atoms with Crippen LogP contribution in [0.15, 0.2) is 30.5 Å². The highest BCUT2D eigenvalue weighted by molar-refractivity contribution is 6.31. The van der Waals surface area contributed by atoms with E-state index in [4.69, 9.17) is 32.7 Å². The number of benzene rings is 1.